The Bertz CT molecular complexity index is 216. The molecule has 2 heteroatoms. The molecule has 11 heavy (non-hydrogen) atoms. The molecule has 0 atom stereocenters. The number of aromatic nitrogens is 1. The van der Waals surface area contributed by atoms with Crippen LogP contribution in [0.3, 0.4) is 0 Å². The van der Waals surface area contributed by atoms with Crippen molar-refractivity contribution in [3.63, 3.8) is 0 Å². The lowest BCUT2D eigenvalue weighted by Crippen LogP contribution is -1.74. The van der Waals surface area contributed by atoms with Gasteiger partial charge in [-0.2, -0.15) is 0 Å². The molecule has 58 valence electrons. The van der Waals surface area contributed by atoms with Crippen LogP contribution in [0.5, 0.6) is 0 Å². The van der Waals surface area contributed by atoms with E-state index in [0.717, 1.165) is 18.7 Å². The molecule has 0 unspecified atom stereocenters. The van der Waals surface area contributed by atoms with Gasteiger partial charge in [0.1, 0.15) is 0 Å². The Morgan fingerprint density at radius 2 is 2.45 bits per heavy atom. The van der Waals surface area contributed by atoms with E-state index in [1.165, 1.54) is 0 Å². The van der Waals surface area contributed by atoms with Crippen LogP contribution >= 0.6 is 0 Å². The van der Waals surface area contributed by atoms with Gasteiger partial charge in [0, 0.05) is 12.4 Å². The minimum Gasteiger partial charge on any atom is -0.242 e. The molecule has 0 N–H and O–H groups in total. The van der Waals surface area contributed by atoms with E-state index in [1.54, 1.807) is 6.20 Å². The lowest BCUT2D eigenvalue weighted by atomic mass is 10.4. The Labute approximate surface area is 67.0 Å². The molecule has 1 heterocycles. The Morgan fingerprint density at radius 1 is 1.55 bits per heavy atom. The first-order valence-electron chi connectivity index (χ1n) is 3.87. The molecular formula is C9H12N2. The number of aliphatic imine (C=N–C) groups is 1. The molecular weight excluding hydrogens is 136 g/mol. The van der Waals surface area contributed by atoms with Crippen molar-refractivity contribution in [3.05, 3.63) is 24.4 Å². The number of pyridine rings is 1. The van der Waals surface area contributed by atoms with Gasteiger partial charge in [0.25, 0.3) is 0 Å². The Balaban J connectivity index is 2.50. The van der Waals surface area contributed by atoms with Gasteiger partial charge in [-0.1, -0.05) is 19.4 Å². The summed E-state index contributed by atoms with van der Waals surface area (Å²) in [7, 11) is 0. The van der Waals surface area contributed by atoms with Crippen molar-refractivity contribution < 1.29 is 0 Å². The van der Waals surface area contributed by atoms with E-state index in [4.69, 9.17) is 0 Å². The van der Waals surface area contributed by atoms with Crippen LogP contribution in [0.1, 0.15) is 19.8 Å². The fourth-order valence-electron chi connectivity index (χ4n) is 0.717. The average molecular weight is 148 g/mol. The van der Waals surface area contributed by atoms with Crippen LogP contribution in [0.15, 0.2) is 29.4 Å². The molecule has 1 aromatic rings. The van der Waals surface area contributed by atoms with Gasteiger partial charge >= 0.3 is 0 Å². The standard InChI is InChI=1S/C9H12N2/c1-2-3-7-10-9-6-4-5-8-11-9/h4-8H,2-3H2,1H3/b10-7+. The summed E-state index contributed by atoms with van der Waals surface area (Å²) in [5.74, 6) is 0.793. The maximum Gasteiger partial charge on any atom is 0.151 e. The van der Waals surface area contributed by atoms with Crippen LogP contribution < -0.4 is 0 Å². The third-order valence-electron chi connectivity index (χ3n) is 1.29. The predicted octanol–water partition coefficient (Wildman–Crippen LogP) is 2.58. The highest BCUT2D eigenvalue weighted by molar-refractivity contribution is 5.61. The van der Waals surface area contributed by atoms with Gasteiger partial charge in [0.2, 0.25) is 0 Å². The molecule has 0 aliphatic carbocycles. The fourth-order valence-corrected chi connectivity index (χ4v) is 0.717. The van der Waals surface area contributed by atoms with Gasteiger partial charge in [-0.25, -0.2) is 9.98 Å². The molecule has 0 radical (unpaired) electrons. The first-order valence-corrected chi connectivity index (χ1v) is 3.87. The molecule has 0 fully saturated rings. The van der Waals surface area contributed by atoms with Crippen LogP contribution in [0.2, 0.25) is 0 Å². The summed E-state index contributed by atoms with van der Waals surface area (Å²) in [6, 6.07) is 5.72. The maximum atomic E-state index is 4.16. The quantitative estimate of drug-likeness (QED) is 0.605. The third kappa shape index (κ3) is 2.94. The molecule has 0 spiro atoms. The van der Waals surface area contributed by atoms with Crippen molar-refractivity contribution in [2.45, 2.75) is 19.8 Å². The zero-order valence-corrected chi connectivity index (χ0v) is 6.70. The van der Waals surface area contributed by atoms with Crippen LogP contribution in [0.25, 0.3) is 0 Å². The van der Waals surface area contributed by atoms with Gasteiger partial charge in [-0.05, 0) is 18.6 Å². The highest BCUT2D eigenvalue weighted by Crippen LogP contribution is 2.03. The molecule has 0 aromatic carbocycles. The zero-order valence-electron chi connectivity index (χ0n) is 6.70. The topological polar surface area (TPSA) is 25.2 Å². The second-order valence-electron chi connectivity index (χ2n) is 2.29. The van der Waals surface area contributed by atoms with Gasteiger partial charge in [0.05, 0.1) is 0 Å². The van der Waals surface area contributed by atoms with Crippen molar-refractivity contribution in [2.75, 3.05) is 0 Å². The molecule has 0 aliphatic heterocycles. The van der Waals surface area contributed by atoms with E-state index in [2.05, 4.69) is 16.9 Å². The van der Waals surface area contributed by atoms with E-state index in [0.29, 0.717) is 0 Å². The van der Waals surface area contributed by atoms with Crippen molar-refractivity contribution in [2.24, 2.45) is 4.99 Å². The number of nitrogens with zero attached hydrogens (tertiary/aromatic N) is 2. The van der Waals surface area contributed by atoms with Crippen LogP contribution in [0.4, 0.5) is 5.82 Å². The van der Waals surface area contributed by atoms with Crippen molar-refractivity contribution in [1.82, 2.24) is 4.98 Å². The van der Waals surface area contributed by atoms with Crippen LogP contribution in [-0.2, 0) is 0 Å². The summed E-state index contributed by atoms with van der Waals surface area (Å²) in [5, 5.41) is 0. The van der Waals surface area contributed by atoms with E-state index < -0.39 is 0 Å². The van der Waals surface area contributed by atoms with E-state index in [-0.39, 0.29) is 0 Å². The van der Waals surface area contributed by atoms with Gasteiger partial charge in [-0.3, -0.25) is 0 Å². The number of unbranched alkanes of at least 4 members (excludes halogenated alkanes) is 1. The summed E-state index contributed by atoms with van der Waals surface area (Å²) >= 11 is 0. The van der Waals surface area contributed by atoms with Crippen molar-refractivity contribution >= 4 is 12.0 Å². The lowest BCUT2D eigenvalue weighted by molar-refractivity contribution is 1.01. The maximum absolute atomic E-state index is 4.16. The third-order valence-corrected chi connectivity index (χ3v) is 1.29. The normalized spacial score (nSPS) is 10.6. The summed E-state index contributed by atoms with van der Waals surface area (Å²) in [4.78, 5) is 8.21. The summed E-state index contributed by atoms with van der Waals surface area (Å²) < 4.78 is 0. The fraction of sp³-hybridized carbons (Fsp3) is 0.333. The number of hydrogen-bond donors (Lipinski definition) is 0. The van der Waals surface area contributed by atoms with Crippen LogP contribution in [-0.4, -0.2) is 11.2 Å². The first-order chi connectivity index (χ1) is 5.43. The average Bonchev–Trinajstić information content (AvgIpc) is 2.07. The van der Waals surface area contributed by atoms with Crippen molar-refractivity contribution in [1.29, 1.82) is 0 Å². The Morgan fingerprint density at radius 3 is 3.09 bits per heavy atom. The second kappa shape index (κ2) is 4.61. The molecule has 0 bridgehead atoms. The van der Waals surface area contributed by atoms with Gasteiger partial charge < -0.3 is 0 Å². The smallest absolute Gasteiger partial charge is 0.151 e. The first kappa shape index (κ1) is 7.92. The predicted molar refractivity (Wildman–Crippen MR) is 47.3 cm³/mol. The minimum atomic E-state index is 0.793. The monoisotopic (exact) mass is 148 g/mol. The SMILES string of the molecule is CCC/C=N/c1ccccn1. The molecule has 2 nitrogen and oxygen atoms in total. The molecule has 0 saturated heterocycles. The lowest BCUT2D eigenvalue weighted by Gasteiger charge is -1.88. The molecule has 0 saturated carbocycles. The largest absolute Gasteiger partial charge is 0.242 e. The highest BCUT2D eigenvalue weighted by Gasteiger charge is 1.82. The summed E-state index contributed by atoms with van der Waals surface area (Å²) in [6.07, 6.45) is 5.81. The Kier molecular flexibility index (Phi) is 3.32. The summed E-state index contributed by atoms with van der Waals surface area (Å²) in [6.45, 7) is 2.13. The Hall–Kier alpha value is -1.18. The van der Waals surface area contributed by atoms with Gasteiger partial charge in [0.15, 0.2) is 5.82 Å². The van der Waals surface area contributed by atoms with E-state index in [1.807, 2.05) is 24.4 Å². The highest BCUT2D eigenvalue weighted by atomic mass is 14.9. The van der Waals surface area contributed by atoms with Crippen LogP contribution in [0, 0.1) is 0 Å². The zero-order chi connectivity index (χ0) is 7.94. The minimum absolute atomic E-state index is 0.793. The second-order valence-corrected chi connectivity index (χ2v) is 2.29. The molecule has 0 amide bonds. The van der Waals surface area contributed by atoms with Gasteiger partial charge in [-0.15, -0.1) is 0 Å². The summed E-state index contributed by atoms with van der Waals surface area (Å²) in [5.41, 5.74) is 0. The molecule has 1 aromatic heterocycles. The van der Waals surface area contributed by atoms with E-state index >= 15 is 0 Å². The number of hydrogen-bond acceptors (Lipinski definition) is 2. The molecule has 1 rings (SSSR count). The van der Waals surface area contributed by atoms with E-state index in [9.17, 15) is 0 Å². The number of rotatable bonds is 3. The molecule has 0 aliphatic rings. The van der Waals surface area contributed by atoms with Crippen molar-refractivity contribution in [3.8, 4) is 0 Å².